The molecule has 128 valence electrons. The van der Waals surface area contributed by atoms with Gasteiger partial charge in [0, 0.05) is 17.8 Å². The Morgan fingerprint density at radius 1 is 1.08 bits per heavy atom. The molecule has 1 aliphatic heterocycles. The van der Waals surface area contributed by atoms with E-state index < -0.39 is 0 Å². The number of aromatic hydroxyl groups is 1. The van der Waals surface area contributed by atoms with Crippen molar-refractivity contribution in [3.63, 3.8) is 0 Å². The predicted octanol–water partition coefficient (Wildman–Crippen LogP) is 1.99. The van der Waals surface area contributed by atoms with E-state index in [4.69, 9.17) is 16.3 Å². The number of quaternary nitrogens is 1. The molecule has 0 radical (unpaired) electrons. The van der Waals surface area contributed by atoms with Crippen molar-refractivity contribution in [2.75, 3.05) is 26.3 Å². The molecule has 1 aliphatic rings. The van der Waals surface area contributed by atoms with Crippen LogP contribution in [0.15, 0.2) is 48.8 Å². The predicted molar refractivity (Wildman–Crippen MR) is 96.0 cm³/mol. The quantitative estimate of drug-likeness (QED) is 0.753. The van der Waals surface area contributed by atoms with Crippen LogP contribution in [0.5, 0.6) is 5.75 Å². The Kier molecular flexibility index (Phi) is 4.53. The molecular weight excluding hydrogens is 338 g/mol. The number of benzene rings is 1. The van der Waals surface area contributed by atoms with E-state index in [0.717, 1.165) is 29.7 Å². The zero-order chi connectivity index (χ0) is 17.2. The maximum atomic E-state index is 10.9. The molecule has 0 aliphatic carbocycles. The zero-order valence-corrected chi connectivity index (χ0v) is 14.4. The molecule has 5 nitrogen and oxygen atoms in total. The average Bonchev–Trinajstić information content (AvgIpc) is 2.68. The van der Waals surface area contributed by atoms with Gasteiger partial charge < -0.3 is 14.7 Å². The summed E-state index contributed by atoms with van der Waals surface area (Å²) in [6.45, 7) is 3.08. The van der Waals surface area contributed by atoms with Gasteiger partial charge in [-0.2, -0.15) is 0 Å². The van der Waals surface area contributed by atoms with Crippen molar-refractivity contribution in [1.29, 1.82) is 0 Å². The molecule has 4 rings (SSSR count). The molecule has 2 aromatic heterocycles. The lowest BCUT2D eigenvalue weighted by molar-refractivity contribution is -0.933. The van der Waals surface area contributed by atoms with Gasteiger partial charge in [-0.1, -0.05) is 17.7 Å². The molecule has 0 bridgehead atoms. The number of hydrogen-bond acceptors (Lipinski definition) is 4. The fourth-order valence-electron chi connectivity index (χ4n) is 3.48. The van der Waals surface area contributed by atoms with Crippen LogP contribution in [0.4, 0.5) is 0 Å². The molecule has 1 saturated heterocycles. The number of hydrogen-bond donors (Lipinski definition) is 2. The first-order chi connectivity index (χ1) is 12.3. The smallest absolute Gasteiger partial charge is 0.160 e. The van der Waals surface area contributed by atoms with Gasteiger partial charge in [0.15, 0.2) is 11.8 Å². The number of phenols is 1. The van der Waals surface area contributed by atoms with Crippen molar-refractivity contribution >= 4 is 22.5 Å². The largest absolute Gasteiger partial charge is 0.505 e. The highest BCUT2D eigenvalue weighted by Gasteiger charge is 2.32. The van der Waals surface area contributed by atoms with E-state index in [2.05, 4.69) is 9.97 Å². The summed E-state index contributed by atoms with van der Waals surface area (Å²) in [5, 5.41) is 12.3. The molecule has 1 atom stereocenters. The lowest BCUT2D eigenvalue weighted by Gasteiger charge is -2.32. The van der Waals surface area contributed by atoms with Gasteiger partial charge in [-0.05, 0) is 30.3 Å². The first-order valence-electron chi connectivity index (χ1n) is 8.35. The van der Waals surface area contributed by atoms with E-state index >= 15 is 0 Å². The average molecular weight is 357 g/mol. The first-order valence-corrected chi connectivity index (χ1v) is 8.73. The van der Waals surface area contributed by atoms with E-state index in [-0.39, 0.29) is 11.8 Å². The van der Waals surface area contributed by atoms with Crippen LogP contribution in [-0.4, -0.2) is 41.4 Å². The molecule has 1 aromatic carbocycles. The van der Waals surface area contributed by atoms with E-state index in [1.807, 2.05) is 36.4 Å². The maximum Gasteiger partial charge on any atom is 0.160 e. The number of phenolic OH excluding ortho intramolecular Hbond substituents is 1. The maximum absolute atomic E-state index is 10.9. The summed E-state index contributed by atoms with van der Waals surface area (Å²) in [5.74, 6) is 0.176. The van der Waals surface area contributed by atoms with Gasteiger partial charge in [-0.15, -0.1) is 0 Å². The number of pyridine rings is 2. The highest BCUT2D eigenvalue weighted by atomic mass is 35.5. The van der Waals surface area contributed by atoms with E-state index in [1.165, 1.54) is 4.90 Å². The van der Waals surface area contributed by atoms with Crippen LogP contribution in [0.2, 0.25) is 5.02 Å². The molecule has 2 N–H and O–H groups in total. The van der Waals surface area contributed by atoms with Gasteiger partial charge in [-0.3, -0.25) is 9.97 Å². The summed E-state index contributed by atoms with van der Waals surface area (Å²) in [6.07, 6.45) is 3.44. The molecule has 1 fully saturated rings. The van der Waals surface area contributed by atoms with Gasteiger partial charge in [0.1, 0.15) is 24.3 Å². The summed E-state index contributed by atoms with van der Waals surface area (Å²) in [4.78, 5) is 10.2. The van der Waals surface area contributed by atoms with Crippen molar-refractivity contribution in [1.82, 2.24) is 9.97 Å². The van der Waals surface area contributed by atoms with Crippen molar-refractivity contribution in [2.24, 2.45) is 0 Å². The normalized spacial score (nSPS) is 16.8. The first kappa shape index (κ1) is 16.3. The number of halogens is 1. The van der Waals surface area contributed by atoms with Crippen LogP contribution < -0.4 is 4.90 Å². The summed E-state index contributed by atoms with van der Waals surface area (Å²) in [6, 6.07) is 11.3. The number of rotatable bonds is 3. The van der Waals surface area contributed by atoms with Crippen LogP contribution in [0, 0.1) is 0 Å². The lowest BCUT2D eigenvalue weighted by Crippen LogP contribution is -3.14. The van der Waals surface area contributed by atoms with Crippen molar-refractivity contribution < 1.29 is 14.7 Å². The molecule has 0 spiro atoms. The van der Waals surface area contributed by atoms with Crippen molar-refractivity contribution in [3.05, 3.63) is 65.1 Å². The standard InChI is InChI=1S/C19H18ClN3O2/c20-15-12-14(19(24)17-13(15)4-3-7-22-17)18(16-5-1-2-6-21-16)23-8-10-25-11-9-23/h1-7,12,18,24H,8-11H2/p+1/t18-/m0/s1. The number of ether oxygens (including phenoxy) is 1. The molecule has 3 heterocycles. The Morgan fingerprint density at radius 3 is 2.64 bits per heavy atom. The van der Waals surface area contributed by atoms with Crippen LogP contribution in [-0.2, 0) is 4.74 Å². The van der Waals surface area contributed by atoms with Gasteiger partial charge in [0.05, 0.1) is 23.8 Å². The molecule has 25 heavy (non-hydrogen) atoms. The fourth-order valence-corrected chi connectivity index (χ4v) is 3.75. The number of nitrogens with zero attached hydrogens (tertiary/aromatic N) is 2. The van der Waals surface area contributed by atoms with Gasteiger partial charge in [0.2, 0.25) is 0 Å². The van der Waals surface area contributed by atoms with Gasteiger partial charge in [0.25, 0.3) is 0 Å². The third-order valence-electron chi connectivity index (χ3n) is 4.68. The van der Waals surface area contributed by atoms with Crippen LogP contribution in [0.1, 0.15) is 17.3 Å². The molecule has 0 amide bonds. The third-order valence-corrected chi connectivity index (χ3v) is 5.00. The fraction of sp³-hybridized carbons (Fsp3) is 0.263. The van der Waals surface area contributed by atoms with E-state index in [0.29, 0.717) is 23.8 Å². The number of fused-ring (bicyclic) bond motifs is 1. The Balaban J connectivity index is 1.90. The van der Waals surface area contributed by atoms with Crippen LogP contribution >= 0.6 is 11.6 Å². The third kappa shape index (κ3) is 3.06. The highest BCUT2D eigenvalue weighted by molar-refractivity contribution is 6.35. The Bertz CT molecular complexity index is 882. The minimum atomic E-state index is -0.117. The van der Waals surface area contributed by atoms with Gasteiger partial charge in [-0.25, -0.2) is 0 Å². The summed E-state index contributed by atoms with van der Waals surface area (Å²) in [5.41, 5.74) is 2.19. The highest BCUT2D eigenvalue weighted by Crippen LogP contribution is 2.36. The minimum absolute atomic E-state index is 0.117. The van der Waals surface area contributed by atoms with E-state index in [1.54, 1.807) is 12.4 Å². The molecule has 6 heteroatoms. The molecule has 0 unspecified atom stereocenters. The van der Waals surface area contributed by atoms with Gasteiger partial charge >= 0.3 is 0 Å². The minimum Gasteiger partial charge on any atom is -0.505 e. The molecular formula is C19H19ClN3O2+. The Hall–Kier alpha value is -2.21. The second-order valence-corrected chi connectivity index (χ2v) is 6.56. The number of aromatic nitrogens is 2. The second kappa shape index (κ2) is 6.96. The van der Waals surface area contributed by atoms with Crippen molar-refractivity contribution in [2.45, 2.75) is 6.04 Å². The topological polar surface area (TPSA) is 59.7 Å². The Labute approximate surface area is 150 Å². The van der Waals surface area contributed by atoms with Crippen LogP contribution in [0.25, 0.3) is 10.9 Å². The monoisotopic (exact) mass is 356 g/mol. The lowest BCUT2D eigenvalue weighted by atomic mass is 9.97. The number of nitrogens with one attached hydrogen (secondary N) is 1. The summed E-state index contributed by atoms with van der Waals surface area (Å²) >= 11 is 6.50. The number of morpholine rings is 1. The van der Waals surface area contributed by atoms with Crippen molar-refractivity contribution in [3.8, 4) is 5.75 Å². The van der Waals surface area contributed by atoms with E-state index in [9.17, 15) is 5.11 Å². The second-order valence-electron chi connectivity index (χ2n) is 6.15. The zero-order valence-electron chi connectivity index (χ0n) is 13.7. The summed E-state index contributed by atoms with van der Waals surface area (Å²) < 4.78 is 5.50. The molecule has 0 saturated carbocycles. The molecule has 3 aromatic rings. The van der Waals surface area contributed by atoms with Crippen LogP contribution in [0.3, 0.4) is 0 Å². The SMILES string of the molecule is Oc1c([C@@H](c2ccccn2)[NH+]2CCOCC2)cc(Cl)c2cccnc12. The summed E-state index contributed by atoms with van der Waals surface area (Å²) in [7, 11) is 0. The Morgan fingerprint density at radius 2 is 1.88 bits per heavy atom.